The summed E-state index contributed by atoms with van der Waals surface area (Å²) in [5.74, 6) is 1.03. The van der Waals surface area contributed by atoms with Crippen LogP contribution in [0.5, 0.6) is 0 Å². The molecule has 2 fully saturated rings. The standard InChI is InChI=1S/C13H15BrN4O/c14-10-7-15-11-1-2-12(16-18(10)11)17-5-3-13(4-6-17)8-19-9-13/h1-2,7H,3-6,8-9H2. The molecular weight excluding hydrogens is 308 g/mol. The van der Waals surface area contributed by atoms with Crippen molar-refractivity contribution in [2.24, 2.45) is 5.41 Å². The van der Waals surface area contributed by atoms with Gasteiger partial charge in [0.05, 0.1) is 19.4 Å². The van der Waals surface area contributed by atoms with Crippen LogP contribution in [0.15, 0.2) is 22.9 Å². The van der Waals surface area contributed by atoms with E-state index in [9.17, 15) is 0 Å². The van der Waals surface area contributed by atoms with E-state index >= 15 is 0 Å². The van der Waals surface area contributed by atoms with Crippen LogP contribution >= 0.6 is 15.9 Å². The topological polar surface area (TPSA) is 42.7 Å². The number of piperidine rings is 1. The molecule has 2 aromatic heterocycles. The van der Waals surface area contributed by atoms with Crippen LogP contribution in [-0.4, -0.2) is 40.9 Å². The van der Waals surface area contributed by atoms with Gasteiger partial charge in [-0.15, -0.1) is 5.10 Å². The number of anilines is 1. The lowest BCUT2D eigenvalue weighted by Crippen LogP contribution is -2.51. The van der Waals surface area contributed by atoms with Crippen LogP contribution in [0, 0.1) is 5.41 Å². The SMILES string of the molecule is Brc1cnc2ccc(N3CCC4(CC3)COC4)nn12. The summed E-state index contributed by atoms with van der Waals surface area (Å²) in [7, 11) is 0. The third-order valence-electron chi connectivity index (χ3n) is 4.27. The minimum absolute atomic E-state index is 0.468. The van der Waals surface area contributed by atoms with Crippen LogP contribution in [0.1, 0.15) is 12.8 Å². The van der Waals surface area contributed by atoms with Gasteiger partial charge in [0.25, 0.3) is 0 Å². The van der Waals surface area contributed by atoms with Crippen LogP contribution in [0.4, 0.5) is 5.82 Å². The molecule has 0 aliphatic carbocycles. The van der Waals surface area contributed by atoms with Gasteiger partial charge in [-0.25, -0.2) is 9.50 Å². The molecule has 2 saturated heterocycles. The molecule has 4 rings (SSSR count). The van der Waals surface area contributed by atoms with E-state index in [1.54, 1.807) is 6.20 Å². The van der Waals surface area contributed by atoms with Gasteiger partial charge >= 0.3 is 0 Å². The van der Waals surface area contributed by atoms with Crippen molar-refractivity contribution in [3.8, 4) is 0 Å². The Morgan fingerprint density at radius 1 is 1.21 bits per heavy atom. The Balaban J connectivity index is 1.59. The van der Waals surface area contributed by atoms with Gasteiger partial charge < -0.3 is 9.64 Å². The van der Waals surface area contributed by atoms with Crippen LogP contribution in [0.25, 0.3) is 5.65 Å². The summed E-state index contributed by atoms with van der Waals surface area (Å²) in [5, 5.41) is 4.65. The Bertz CT molecular complexity index is 612. The summed E-state index contributed by atoms with van der Waals surface area (Å²) in [4.78, 5) is 6.63. The first-order valence-electron chi connectivity index (χ1n) is 6.59. The fourth-order valence-corrected chi connectivity index (χ4v) is 3.26. The minimum Gasteiger partial charge on any atom is -0.380 e. The summed E-state index contributed by atoms with van der Waals surface area (Å²) in [6.45, 7) is 4.02. The molecule has 0 bridgehead atoms. The zero-order valence-electron chi connectivity index (χ0n) is 10.5. The highest BCUT2D eigenvalue weighted by molar-refractivity contribution is 9.10. The summed E-state index contributed by atoms with van der Waals surface area (Å²) >= 11 is 3.47. The zero-order chi connectivity index (χ0) is 12.9. The van der Waals surface area contributed by atoms with Crippen molar-refractivity contribution in [2.45, 2.75) is 12.8 Å². The van der Waals surface area contributed by atoms with Crippen molar-refractivity contribution < 1.29 is 4.74 Å². The molecule has 6 heteroatoms. The van der Waals surface area contributed by atoms with E-state index in [4.69, 9.17) is 4.74 Å². The van der Waals surface area contributed by atoms with Crippen molar-refractivity contribution in [3.63, 3.8) is 0 Å². The summed E-state index contributed by atoms with van der Waals surface area (Å²) in [6.07, 6.45) is 4.19. The molecule has 0 N–H and O–H groups in total. The number of halogens is 1. The number of aromatic nitrogens is 3. The third kappa shape index (κ3) is 1.85. The largest absolute Gasteiger partial charge is 0.380 e. The van der Waals surface area contributed by atoms with E-state index in [-0.39, 0.29) is 0 Å². The second kappa shape index (κ2) is 4.18. The van der Waals surface area contributed by atoms with E-state index in [1.807, 2.05) is 10.6 Å². The number of fused-ring (bicyclic) bond motifs is 1. The van der Waals surface area contributed by atoms with Gasteiger partial charge in [-0.1, -0.05) is 0 Å². The summed E-state index contributed by atoms with van der Waals surface area (Å²) < 4.78 is 8.10. The molecule has 5 nitrogen and oxygen atoms in total. The van der Waals surface area contributed by atoms with Crippen molar-refractivity contribution in [1.29, 1.82) is 0 Å². The average Bonchev–Trinajstić information content (AvgIpc) is 2.78. The Morgan fingerprint density at radius 3 is 2.68 bits per heavy atom. The predicted octanol–water partition coefficient (Wildman–Crippen LogP) is 2.11. The molecule has 0 aromatic carbocycles. The summed E-state index contributed by atoms with van der Waals surface area (Å²) in [5.41, 5.74) is 1.34. The third-order valence-corrected chi connectivity index (χ3v) is 4.81. The maximum absolute atomic E-state index is 5.37. The number of hydrogen-bond donors (Lipinski definition) is 0. The van der Waals surface area contributed by atoms with Gasteiger partial charge in [0, 0.05) is 18.5 Å². The van der Waals surface area contributed by atoms with Gasteiger partial charge in [-0.3, -0.25) is 0 Å². The predicted molar refractivity (Wildman–Crippen MR) is 75.4 cm³/mol. The van der Waals surface area contributed by atoms with Gasteiger partial charge in [0.2, 0.25) is 0 Å². The monoisotopic (exact) mass is 322 g/mol. The second-order valence-electron chi connectivity index (χ2n) is 5.52. The molecule has 0 amide bonds. The number of rotatable bonds is 1. The van der Waals surface area contributed by atoms with E-state index < -0.39 is 0 Å². The molecule has 0 radical (unpaired) electrons. The molecule has 19 heavy (non-hydrogen) atoms. The first kappa shape index (κ1) is 11.7. The molecule has 2 aliphatic rings. The Kier molecular flexibility index (Phi) is 2.57. The molecule has 100 valence electrons. The van der Waals surface area contributed by atoms with E-state index in [0.717, 1.165) is 42.4 Å². The highest BCUT2D eigenvalue weighted by atomic mass is 79.9. The van der Waals surface area contributed by atoms with Gasteiger partial charge in [-0.2, -0.15) is 0 Å². The molecule has 0 unspecified atom stereocenters. The Hall–Kier alpha value is -1.14. The minimum atomic E-state index is 0.468. The van der Waals surface area contributed by atoms with Crippen molar-refractivity contribution >= 4 is 27.4 Å². The molecule has 1 spiro atoms. The summed E-state index contributed by atoms with van der Waals surface area (Å²) in [6, 6.07) is 4.08. The average molecular weight is 323 g/mol. The van der Waals surface area contributed by atoms with Gasteiger partial charge in [-0.05, 0) is 40.9 Å². The molecule has 0 atom stereocenters. The molecular formula is C13H15BrN4O. The lowest BCUT2D eigenvalue weighted by atomic mass is 9.77. The fraction of sp³-hybridized carbons (Fsp3) is 0.538. The van der Waals surface area contributed by atoms with E-state index in [0.29, 0.717) is 5.41 Å². The quantitative estimate of drug-likeness (QED) is 0.806. The Labute approximate surface area is 119 Å². The lowest BCUT2D eigenvalue weighted by Gasteiger charge is -2.47. The number of imidazole rings is 1. The van der Waals surface area contributed by atoms with E-state index in [1.165, 1.54) is 12.8 Å². The number of hydrogen-bond acceptors (Lipinski definition) is 4. The van der Waals surface area contributed by atoms with Gasteiger partial charge in [0.15, 0.2) is 5.65 Å². The maximum Gasteiger partial charge on any atom is 0.154 e. The van der Waals surface area contributed by atoms with Gasteiger partial charge in [0.1, 0.15) is 10.4 Å². The van der Waals surface area contributed by atoms with Crippen LogP contribution in [0.2, 0.25) is 0 Å². The smallest absolute Gasteiger partial charge is 0.154 e. The zero-order valence-corrected chi connectivity index (χ0v) is 12.1. The molecule has 2 aliphatic heterocycles. The van der Waals surface area contributed by atoms with Crippen molar-refractivity contribution in [3.05, 3.63) is 22.9 Å². The second-order valence-corrected chi connectivity index (χ2v) is 6.33. The number of nitrogens with zero attached hydrogens (tertiary/aromatic N) is 4. The van der Waals surface area contributed by atoms with Crippen LogP contribution in [-0.2, 0) is 4.74 Å². The Morgan fingerprint density at radius 2 is 2.00 bits per heavy atom. The number of ether oxygens (including phenoxy) is 1. The van der Waals surface area contributed by atoms with Crippen LogP contribution < -0.4 is 4.90 Å². The molecule has 0 saturated carbocycles. The maximum atomic E-state index is 5.37. The highest BCUT2D eigenvalue weighted by Gasteiger charge is 2.41. The lowest BCUT2D eigenvalue weighted by molar-refractivity contribution is -0.124. The normalized spacial score (nSPS) is 21.8. The fourth-order valence-electron chi connectivity index (χ4n) is 2.89. The highest BCUT2D eigenvalue weighted by Crippen LogP contribution is 2.39. The van der Waals surface area contributed by atoms with Crippen molar-refractivity contribution in [2.75, 3.05) is 31.2 Å². The first-order valence-corrected chi connectivity index (χ1v) is 7.38. The molecule has 2 aromatic rings. The van der Waals surface area contributed by atoms with Crippen molar-refractivity contribution in [1.82, 2.24) is 14.6 Å². The van der Waals surface area contributed by atoms with Crippen LogP contribution in [0.3, 0.4) is 0 Å². The first-order chi connectivity index (χ1) is 9.26. The van der Waals surface area contributed by atoms with E-state index in [2.05, 4.69) is 37.0 Å². The molecule has 4 heterocycles.